The molecule has 4 atom stereocenters. The number of carboxylic acids is 1. The Balaban J connectivity index is 1.87. The number of ether oxygens (including phenoxy) is 1. The predicted octanol–water partition coefficient (Wildman–Crippen LogP) is 3.96. The Bertz CT molecular complexity index is 429. The molecule has 2 N–H and O–H groups in total. The van der Waals surface area contributed by atoms with Crippen molar-refractivity contribution < 1.29 is 19.4 Å². The molecule has 2 fully saturated rings. The van der Waals surface area contributed by atoms with Crippen LogP contribution < -0.4 is 5.32 Å². The summed E-state index contributed by atoms with van der Waals surface area (Å²) in [7, 11) is 0. The Morgan fingerprint density at radius 2 is 1.78 bits per heavy atom. The number of rotatable bonds is 4. The molecule has 5 nitrogen and oxygen atoms in total. The summed E-state index contributed by atoms with van der Waals surface area (Å²) in [5.41, 5.74) is -0.618. The maximum Gasteiger partial charge on any atom is 0.408 e. The van der Waals surface area contributed by atoms with Gasteiger partial charge in [0.15, 0.2) is 0 Å². The largest absolute Gasteiger partial charge is 0.480 e. The average Bonchev–Trinajstić information content (AvgIpc) is 2.44. The third kappa shape index (κ3) is 5.70. The van der Waals surface area contributed by atoms with Gasteiger partial charge in [-0.1, -0.05) is 32.1 Å². The van der Waals surface area contributed by atoms with E-state index in [2.05, 4.69) is 5.32 Å². The van der Waals surface area contributed by atoms with Crippen molar-refractivity contribution in [1.82, 2.24) is 5.32 Å². The van der Waals surface area contributed by atoms with Crippen molar-refractivity contribution in [3.05, 3.63) is 0 Å². The van der Waals surface area contributed by atoms with E-state index in [0.717, 1.165) is 24.7 Å². The van der Waals surface area contributed by atoms with E-state index < -0.39 is 23.7 Å². The molecule has 0 radical (unpaired) electrons. The van der Waals surface area contributed by atoms with Crippen molar-refractivity contribution in [2.75, 3.05) is 0 Å². The van der Waals surface area contributed by atoms with Crippen LogP contribution in [0.2, 0.25) is 0 Å². The summed E-state index contributed by atoms with van der Waals surface area (Å²) in [6.07, 6.45) is 8.58. The van der Waals surface area contributed by atoms with Gasteiger partial charge in [-0.3, -0.25) is 0 Å². The predicted molar refractivity (Wildman–Crippen MR) is 88.2 cm³/mol. The second-order valence-corrected chi connectivity index (χ2v) is 8.26. The normalized spacial score (nSPS) is 29.3. The highest BCUT2D eigenvalue weighted by atomic mass is 16.6. The zero-order valence-corrected chi connectivity index (χ0v) is 14.6. The van der Waals surface area contributed by atoms with Crippen LogP contribution in [0.1, 0.15) is 72.1 Å². The van der Waals surface area contributed by atoms with Crippen molar-refractivity contribution in [2.24, 2.45) is 17.8 Å². The molecule has 0 aromatic rings. The number of aliphatic carboxylic acids is 1. The van der Waals surface area contributed by atoms with E-state index in [4.69, 9.17) is 4.74 Å². The van der Waals surface area contributed by atoms with Crippen LogP contribution >= 0.6 is 0 Å². The van der Waals surface area contributed by atoms with Gasteiger partial charge >= 0.3 is 12.1 Å². The van der Waals surface area contributed by atoms with E-state index in [-0.39, 0.29) is 0 Å². The van der Waals surface area contributed by atoms with Gasteiger partial charge < -0.3 is 15.2 Å². The molecule has 0 aromatic heterocycles. The van der Waals surface area contributed by atoms with Crippen LogP contribution in [0.3, 0.4) is 0 Å². The molecule has 3 unspecified atom stereocenters. The lowest BCUT2D eigenvalue weighted by molar-refractivity contribution is -0.140. The third-order valence-corrected chi connectivity index (χ3v) is 5.21. The molecule has 5 heteroatoms. The minimum Gasteiger partial charge on any atom is -0.480 e. The van der Waals surface area contributed by atoms with Crippen molar-refractivity contribution in [3.63, 3.8) is 0 Å². The lowest BCUT2D eigenvalue weighted by atomic mass is 9.66. The number of carbonyl (C=O) groups excluding carboxylic acids is 1. The number of carbonyl (C=O) groups is 2. The Morgan fingerprint density at radius 1 is 1.13 bits per heavy atom. The standard InChI is InChI=1S/C18H31NO4/c1-18(2,3)23-17(22)19-15(16(20)21)11-12-8-9-13-6-4-5-7-14(13)10-12/h12-15H,4-11H2,1-3H3,(H,19,22)(H,20,21)/t12?,13?,14?,15-/m1/s1. The second kappa shape index (κ2) is 7.54. The highest BCUT2D eigenvalue weighted by molar-refractivity contribution is 5.80. The summed E-state index contributed by atoms with van der Waals surface area (Å²) in [5.74, 6) is 1.03. The number of alkyl carbamates (subject to hydrolysis) is 1. The van der Waals surface area contributed by atoms with Crippen molar-refractivity contribution in [1.29, 1.82) is 0 Å². The first kappa shape index (κ1) is 18.1. The van der Waals surface area contributed by atoms with E-state index in [1.54, 1.807) is 20.8 Å². The Kier molecular flexibility index (Phi) is 5.93. The quantitative estimate of drug-likeness (QED) is 0.820. The molecule has 0 heterocycles. The molecular formula is C18H31NO4. The highest BCUT2D eigenvalue weighted by Gasteiger charge is 2.35. The van der Waals surface area contributed by atoms with Crippen LogP contribution in [0.15, 0.2) is 0 Å². The molecule has 2 saturated carbocycles. The van der Waals surface area contributed by atoms with E-state index >= 15 is 0 Å². The molecule has 0 bridgehead atoms. The minimum atomic E-state index is -0.971. The second-order valence-electron chi connectivity index (χ2n) is 8.26. The van der Waals surface area contributed by atoms with Crippen molar-refractivity contribution >= 4 is 12.1 Å². The molecule has 132 valence electrons. The molecule has 1 amide bonds. The highest BCUT2D eigenvalue weighted by Crippen LogP contribution is 2.43. The van der Waals surface area contributed by atoms with Crippen LogP contribution in [-0.4, -0.2) is 28.8 Å². The topological polar surface area (TPSA) is 75.6 Å². The number of carboxylic acid groups (broad SMARTS) is 1. The molecule has 0 aliphatic heterocycles. The first-order chi connectivity index (χ1) is 10.7. The monoisotopic (exact) mass is 325 g/mol. The molecule has 0 spiro atoms. The molecular weight excluding hydrogens is 294 g/mol. The van der Waals surface area contributed by atoms with Crippen molar-refractivity contribution in [3.8, 4) is 0 Å². The SMILES string of the molecule is CC(C)(C)OC(=O)N[C@H](CC1CCC2CCCCC2C1)C(=O)O. The van der Waals surface area contributed by atoms with Crippen LogP contribution in [-0.2, 0) is 9.53 Å². The number of fused-ring (bicyclic) bond motifs is 1. The fourth-order valence-electron chi connectivity index (χ4n) is 4.19. The van der Waals surface area contributed by atoms with Crippen LogP contribution in [0, 0.1) is 17.8 Å². The van der Waals surface area contributed by atoms with Gasteiger partial charge in [-0.05, 0) is 57.8 Å². The van der Waals surface area contributed by atoms with Crippen molar-refractivity contribution in [2.45, 2.75) is 83.8 Å². The summed E-state index contributed by atoms with van der Waals surface area (Å²) in [5, 5.41) is 11.9. The molecule has 0 saturated heterocycles. The van der Waals surface area contributed by atoms with Gasteiger partial charge in [0.1, 0.15) is 11.6 Å². The number of hydrogen-bond acceptors (Lipinski definition) is 3. The zero-order chi connectivity index (χ0) is 17.0. The van der Waals surface area contributed by atoms with Gasteiger partial charge in [-0.15, -0.1) is 0 Å². The summed E-state index contributed by atoms with van der Waals surface area (Å²) in [6, 6.07) is -0.852. The molecule has 23 heavy (non-hydrogen) atoms. The van der Waals surface area contributed by atoms with Gasteiger partial charge in [0, 0.05) is 0 Å². The van der Waals surface area contributed by atoms with Crippen LogP contribution in [0.25, 0.3) is 0 Å². The Morgan fingerprint density at radius 3 is 2.39 bits per heavy atom. The van der Waals surface area contributed by atoms with E-state index in [0.29, 0.717) is 12.3 Å². The first-order valence-corrected chi connectivity index (χ1v) is 8.97. The van der Waals surface area contributed by atoms with Gasteiger partial charge in [0.05, 0.1) is 0 Å². The Labute approximate surface area is 139 Å². The maximum atomic E-state index is 11.8. The number of hydrogen-bond donors (Lipinski definition) is 2. The maximum absolute atomic E-state index is 11.8. The average molecular weight is 325 g/mol. The number of nitrogens with one attached hydrogen (secondary N) is 1. The summed E-state index contributed by atoms with van der Waals surface area (Å²) < 4.78 is 5.18. The zero-order valence-electron chi connectivity index (χ0n) is 14.6. The summed E-state index contributed by atoms with van der Waals surface area (Å²) in [4.78, 5) is 23.3. The molecule has 2 aliphatic carbocycles. The molecule has 0 aromatic carbocycles. The van der Waals surface area contributed by atoms with E-state index in [1.165, 1.54) is 32.1 Å². The molecule has 2 aliphatic rings. The molecule has 2 rings (SSSR count). The van der Waals surface area contributed by atoms with Crippen LogP contribution in [0.4, 0.5) is 4.79 Å². The first-order valence-electron chi connectivity index (χ1n) is 8.97. The fourth-order valence-corrected chi connectivity index (χ4v) is 4.19. The fraction of sp³-hybridized carbons (Fsp3) is 0.889. The summed E-state index contributed by atoms with van der Waals surface area (Å²) >= 11 is 0. The third-order valence-electron chi connectivity index (χ3n) is 5.21. The summed E-state index contributed by atoms with van der Waals surface area (Å²) in [6.45, 7) is 5.31. The van der Waals surface area contributed by atoms with Gasteiger partial charge in [-0.25, -0.2) is 9.59 Å². The minimum absolute atomic E-state index is 0.394. The lowest BCUT2D eigenvalue weighted by Crippen LogP contribution is -2.45. The van der Waals surface area contributed by atoms with E-state index in [1.807, 2.05) is 0 Å². The smallest absolute Gasteiger partial charge is 0.408 e. The Hall–Kier alpha value is -1.26. The van der Waals surface area contributed by atoms with Crippen LogP contribution in [0.5, 0.6) is 0 Å². The lowest BCUT2D eigenvalue weighted by Gasteiger charge is -2.40. The van der Waals surface area contributed by atoms with Gasteiger partial charge in [-0.2, -0.15) is 0 Å². The van der Waals surface area contributed by atoms with E-state index in [9.17, 15) is 14.7 Å². The number of amides is 1. The van der Waals surface area contributed by atoms with Gasteiger partial charge in [0.2, 0.25) is 0 Å². The van der Waals surface area contributed by atoms with Gasteiger partial charge in [0.25, 0.3) is 0 Å².